The molecule has 0 saturated carbocycles. The topological polar surface area (TPSA) is 140 Å². The fourth-order valence-corrected chi connectivity index (χ4v) is 3.79. The average Bonchev–Trinajstić information content (AvgIpc) is 3.12. The minimum atomic E-state index is -1.52. The van der Waals surface area contributed by atoms with Crippen molar-refractivity contribution >= 4 is 24.1 Å². The Morgan fingerprint density at radius 3 is 1.97 bits per heavy atom. The Kier molecular flexibility index (Phi) is 8.18. The van der Waals surface area contributed by atoms with E-state index in [4.69, 9.17) is 14.2 Å². The summed E-state index contributed by atoms with van der Waals surface area (Å²) in [6, 6.07) is 13.2. The molecule has 192 valence electrons. The molecular formula is C26H30N2O8. The number of nitrogens with one attached hydrogen (secondary N) is 2. The van der Waals surface area contributed by atoms with Gasteiger partial charge in [-0.25, -0.2) is 19.2 Å². The van der Waals surface area contributed by atoms with Crippen LogP contribution in [0.2, 0.25) is 0 Å². The highest BCUT2D eigenvalue weighted by atomic mass is 16.6. The lowest BCUT2D eigenvalue weighted by molar-refractivity contribution is -0.150. The van der Waals surface area contributed by atoms with Crippen LogP contribution in [0.15, 0.2) is 48.5 Å². The lowest BCUT2D eigenvalue weighted by Crippen LogP contribution is -2.47. The van der Waals surface area contributed by atoms with Gasteiger partial charge >= 0.3 is 24.1 Å². The van der Waals surface area contributed by atoms with Crippen molar-refractivity contribution in [1.82, 2.24) is 10.6 Å². The molecule has 1 aliphatic rings. The summed E-state index contributed by atoms with van der Waals surface area (Å²) in [6.07, 6.45) is -1.78. The molecule has 0 radical (unpaired) electrons. The molecule has 0 unspecified atom stereocenters. The molecule has 2 atom stereocenters. The lowest BCUT2D eigenvalue weighted by Gasteiger charge is -2.22. The number of carboxylic acids is 1. The van der Waals surface area contributed by atoms with Crippen LogP contribution in [-0.4, -0.2) is 60.1 Å². The zero-order chi connectivity index (χ0) is 26.5. The SMILES string of the molecule is C[C@H](NC(=O)OCC1c2ccccc2-c2ccccc21)C(=O)OC[C@@H](NC(=O)OC(C)(C)C)C(=O)O. The Labute approximate surface area is 208 Å². The number of hydrogen-bond acceptors (Lipinski definition) is 7. The van der Waals surface area contributed by atoms with E-state index in [1.54, 1.807) is 20.8 Å². The Morgan fingerprint density at radius 1 is 0.889 bits per heavy atom. The normalized spacial score (nSPS) is 14.0. The Balaban J connectivity index is 1.50. The van der Waals surface area contributed by atoms with Crippen LogP contribution in [0.1, 0.15) is 44.7 Å². The third-order valence-electron chi connectivity index (χ3n) is 5.41. The summed E-state index contributed by atoms with van der Waals surface area (Å²) in [5, 5.41) is 13.8. The minimum Gasteiger partial charge on any atom is -0.480 e. The molecule has 0 aliphatic heterocycles. The first-order chi connectivity index (χ1) is 17.0. The smallest absolute Gasteiger partial charge is 0.408 e. The number of carboxylic acid groups (broad SMARTS) is 1. The molecule has 0 saturated heterocycles. The van der Waals surface area contributed by atoms with E-state index in [1.165, 1.54) is 6.92 Å². The summed E-state index contributed by atoms with van der Waals surface area (Å²) >= 11 is 0. The fourth-order valence-electron chi connectivity index (χ4n) is 3.79. The maximum atomic E-state index is 12.4. The Bertz CT molecular complexity index is 1100. The predicted octanol–water partition coefficient (Wildman–Crippen LogP) is 3.43. The van der Waals surface area contributed by atoms with Crippen molar-refractivity contribution in [3.05, 3.63) is 59.7 Å². The number of carbonyl (C=O) groups excluding carboxylic acids is 3. The molecule has 1 aliphatic carbocycles. The molecule has 0 fully saturated rings. The second-order valence-corrected chi connectivity index (χ2v) is 9.36. The van der Waals surface area contributed by atoms with Gasteiger partial charge in [-0.1, -0.05) is 48.5 Å². The molecule has 2 aromatic rings. The van der Waals surface area contributed by atoms with E-state index in [0.717, 1.165) is 22.3 Å². The van der Waals surface area contributed by atoms with E-state index in [2.05, 4.69) is 10.6 Å². The summed E-state index contributed by atoms with van der Waals surface area (Å²) in [7, 11) is 0. The van der Waals surface area contributed by atoms with Gasteiger partial charge in [0.15, 0.2) is 6.04 Å². The standard InChI is InChI=1S/C26H30N2O8/c1-15(23(31)34-14-21(22(29)30)28-25(33)36-26(2,3)4)27-24(32)35-13-20-18-11-7-5-9-16(18)17-10-6-8-12-19(17)20/h5-12,15,20-21H,13-14H2,1-4H3,(H,27,32)(H,28,33)(H,29,30)/t15-,21+/m0/s1. The highest BCUT2D eigenvalue weighted by molar-refractivity contribution is 5.83. The van der Waals surface area contributed by atoms with Crippen LogP contribution in [0.5, 0.6) is 0 Å². The van der Waals surface area contributed by atoms with E-state index in [-0.39, 0.29) is 12.5 Å². The quantitative estimate of drug-likeness (QED) is 0.371. The number of amides is 2. The lowest BCUT2D eigenvalue weighted by atomic mass is 9.98. The summed E-state index contributed by atoms with van der Waals surface area (Å²) in [4.78, 5) is 47.9. The summed E-state index contributed by atoms with van der Waals surface area (Å²) < 4.78 is 15.4. The first-order valence-electron chi connectivity index (χ1n) is 11.5. The van der Waals surface area contributed by atoms with Crippen molar-refractivity contribution in [3.8, 4) is 11.1 Å². The van der Waals surface area contributed by atoms with Gasteiger partial charge in [0.2, 0.25) is 0 Å². The van der Waals surface area contributed by atoms with E-state index >= 15 is 0 Å². The first kappa shape index (κ1) is 26.5. The van der Waals surface area contributed by atoms with E-state index < -0.39 is 48.4 Å². The predicted molar refractivity (Wildman–Crippen MR) is 129 cm³/mol. The Hall–Kier alpha value is -4.08. The molecule has 36 heavy (non-hydrogen) atoms. The van der Waals surface area contributed by atoms with E-state index in [0.29, 0.717) is 0 Å². The number of aliphatic carboxylic acids is 1. The maximum Gasteiger partial charge on any atom is 0.408 e. The summed E-state index contributed by atoms with van der Waals surface area (Å²) in [5.74, 6) is -2.44. The number of alkyl carbamates (subject to hydrolysis) is 2. The van der Waals surface area contributed by atoms with Crippen molar-refractivity contribution < 1.29 is 38.5 Å². The van der Waals surface area contributed by atoms with Crippen LogP contribution in [-0.2, 0) is 23.8 Å². The van der Waals surface area contributed by atoms with Gasteiger partial charge in [0.25, 0.3) is 0 Å². The summed E-state index contributed by atoms with van der Waals surface area (Å²) in [6.45, 7) is 5.67. The van der Waals surface area contributed by atoms with Crippen LogP contribution in [0.3, 0.4) is 0 Å². The van der Waals surface area contributed by atoms with Crippen molar-refractivity contribution in [3.63, 3.8) is 0 Å². The van der Waals surface area contributed by atoms with Crippen molar-refractivity contribution in [1.29, 1.82) is 0 Å². The van der Waals surface area contributed by atoms with E-state index in [1.807, 2.05) is 48.5 Å². The molecule has 2 aromatic carbocycles. The molecule has 3 rings (SSSR count). The number of hydrogen-bond donors (Lipinski definition) is 3. The maximum absolute atomic E-state index is 12.4. The van der Waals surface area contributed by atoms with Crippen molar-refractivity contribution in [2.45, 2.75) is 51.3 Å². The third-order valence-corrected chi connectivity index (χ3v) is 5.41. The van der Waals surface area contributed by atoms with Gasteiger partial charge in [0, 0.05) is 5.92 Å². The van der Waals surface area contributed by atoms with Crippen molar-refractivity contribution in [2.24, 2.45) is 0 Å². The number of fused-ring (bicyclic) bond motifs is 3. The van der Waals surface area contributed by atoms with Crippen LogP contribution >= 0.6 is 0 Å². The van der Waals surface area contributed by atoms with Gasteiger partial charge in [0.05, 0.1) is 0 Å². The molecule has 3 N–H and O–H groups in total. The van der Waals surface area contributed by atoms with Gasteiger partial charge in [-0.05, 0) is 49.9 Å². The van der Waals surface area contributed by atoms with Gasteiger partial charge < -0.3 is 30.0 Å². The number of esters is 1. The zero-order valence-electron chi connectivity index (χ0n) is 20.6. The molecule has 0 heterocycles. The van der Waals surface area contributed by atoms with Crippen molar-refractivity contribution in [2.75, 3.05) is 13.2 Å². The van der Waals surface area contributed by atoms with Gasteiger partial charge in [-0.3, -0.25) is 0 Å². The molecule has 10 nitrogen and oxygen atoms in total. The number of rotatable bonds is 8. The fraction of sp³-hybridized carbons (Fsp3) is 0.385. The highest BCUT2D eigenvalue weighted by Gasteiger charge is 2.30. The van der Waals surface area contributed by atoms with E-state index in [9.17, 15) is 24.3 Å². The second kappa shape index (κ2) is 11.1. The van der Waals surface area contributed by atoms with Crippen LogP contribution in [0.4, 0.5) is 9.59 Å². The molecule has 10 heteroatoms. The highest BCUT2D eigenvalue weighted by Crippen LogP contribution is 2.44. The number of benzene rings is 2. The van der Waals surface area contributed by atoms with Crippen LogP contribution in [0.25, 0.3) is 11.1 Å². The second-order valence-electron chi connectivity index (χ2n) is 9.36. The molecule has 0 aromatic heterocycles. The first-order valence-corrected chi connectivity index (χ1v) is 11.5. The largest absolute Gasteiger partial charge is 0.480 e. The monoisotopic (exact) mass is 498 g/mol. The molecule has 2 amide bonds. The average molecular weight is 499 g/mol. The minimum absolute atomic E-state index is 0.0719. The van der Waals surface area contributed by atoms with Gasteiger partial charge in [-0.2, -0.15) is 0 Å². The van der Waals surface area contributed by atoms with Crippen LogP contribution in [0, 0.1) is 0 Å². The zero-order valence-corrected chi connectivity index (χ0v) is 20.6. The number of carbonyl (C=O) groups is 4. The third kappa shape index (κ3) is 6.74. The van der Waals surface area contributed by atoms with Gasteiger partial charge in [-0.15, -0.1) is 0 Å². The molecule has 0 bridgehead atoms. The summed E-state index contributed by atoms with van der Waals surface area (Å²) in [5.41, 5.74) is 3.46. The Morgan fingerprint density at radius 2 is 1.44 bits per heavy atom. The van der Waals surface area contributed by atoms with Crippen LogP contribution < -0.4 is 10.6 Å². The molecule has 0 spiro atoms. The number of ether oxygens (including phenoxy) is 3. The molecular weight excluding hydrogens is 468 g/mol. The van der Waals surface area contributed by atoms with Gasteiger partial charge in [0.1, 0.15) is 24.9 Å².